The minimum Gasteiger partial charge on any atom is -0.379 e. The van der Waals surface area contributed by atoms with Gasteiger partial charge in [0.25, 0.3) is 0 Å². The van der Waals surface area contributed by atoms with Crippen molar-refractivity contribution < 1.29 is 9.47 Å². The third-order valence-electron chi connectivity index (χ3n) is 2.31. The molecule has 0 aromatic heterocycles. The van der Waals surface area contributed by atoms with E-state index in [1.54, 1.807) is 0 Å². The van der Waals surface area contributed by atoms with Gasteiger partial charge >= 0.3 is 0 Å². The Labute approximate surface area is 112 Å². The number of hydrogen-bond donors (Lipinski definition) is 0. The summed E-state index contributed by atoms with van der Waals surface area (Å²) < 4.78 is 11.3. The highest BCUT2D eigenvalue weighted by Gasteiger charge is 2.09. The van der Waals surface area contributed by atoms with Gasteiger partial charge in [0.05, 0.1) is 19.3 Å². The van der Waals surface area contributed by atoms with Crippen molar-refractivity contribution in [3.8, 4) is 0 Å². The molecule has 1 unspecified atom stereocenters. The van der Waals surface area contributed by atoms with Gasteiger partial charge in [0.15, 0.2) is 0 Å². The topological polar surface area (TPSA) is 18.5 Å². The van der Waals surface area contributed by atoms with Gasteiger partial charge in [-0.3, -0.25) is 0 Å². The van der Waals surface area contributed by atoms with Gasteiger partial charge in [0.2, 0.25) is 0 Å². The Kier molecular flexibility index (Phi) is 7.49. The Hall–Kier alpha value is -0.380. The molecule has 0 N–H and O–H groups in total. The second-order valence-electron chi connectivity index (χ2n) is 4.39. The molecule has 0 radical (unpaired) electrons. The van der Waals surface area contributed by atoms with Gasteiger partial charge in [-0.1, -0.05) is 60.1 Å². The van der Waals surface area contributed by atoms with Gasteiger partial charge < -0.3 is 9.47 Å². The van der Waals surface area contributed by atoms with Crippen LogP contribution in [-0.2, 0) is 9.47 Å². The van der Waals surface area contributed by atoms with Crippen molar-refractivity contribution in [2.24, 2.45) is 5.92 Å². The van der Waals surface area contributed by atoms with E-state index >= 15 is 0 Å². The molecule has 96 valence electrons. The lowest BCUT2D eigenvalue weighted by molar-refractivity contribution is 0.00760. The first-order valence-electron chi connectivity index (χ1n) is 6.04. The Bertz CT molecular complexity index is 288. The van der Waals surface area contributed by atoms with Gasteiger partial charge in [0.1, 0.15) is 0 Å². The Morgan fingerprint density at radius 3 is 2.41 bits per heavy atom. The van der Waals surface area contributed by atoms with Crippen LogP contribution in [-0.4, -0.2) is 25.2 Å². The monoisotopic (exact) mass is 300 g/mol. The molecule has 1 aromatic rings. The van der Waals surface area contributed by atoms with Crippen molar-refractivity contribution >= 4 is 15.9 Å². The summed E-state index contributed by atoms with van der Waals surface area (Å²) in [5.74, 6) is 0.580. The Morgan fingerprint density at radius 2 is 1.82 bits per heavy atom. The predicted molar refractivity (Wildman–Crippen MR) is 74.6 cm³/mol. The van der Waals surface area contributed by atoms with E-state index < -0.39 is 0 Å². The Morgan fingerprint density at radius 1 is 1.12 bits per heavy atom. The molecule has 2 nitrogen and oxygen atoms in total. The first-order valence-corrected chi connectivity index (χ1v) is 7.16. The van der Waals surface area contributed by atoms with E-state index in [9.17, 15) is 0 Å². The molecule has 0 aliphatic carbocycles. The van der Waals surface area contributed by atoms with Gasteiger partial charge in [0, 0.05) is 11.9 Å². The number of hydrogen-bond acceptors (Lipinski definition) is 2. The van der Waals surface area contributed by atoms with E-state index in [1.807, 2.05) is 18.2 Å². The average Bonchev–Trinajstić information content (AvgIpc) is 2.34. The molecule has 1 aromatic carbocycles. The zero-order valence-corrected chi connectivity index (χ0v) is 12.2. The molecule has 1 atom stereocenters. The van der Waals surface area contributed by atoms with Gasteiger partial charge in [-0.25, -0.2) is 0 Å². The van der Waals surface area contributed by atoms with Crippen molar-refractivity contribution in [3.05, 3.63) is 35.9 Å². The largest absolute Gasteiger partial charge is 0.379 e. The third-order valence-corrected chi connectivity index (χ3v) is 2.90. The van der Waals surface area contributed by atoms with E-state index in [-0.39, 0.29) is 6.10 Å². The summed E-state index contributed by atoms with van der Waals surface area (Å²) in [6.45, 7) is 6.39. The van der Waals surface area contributed by atoms with Crippen molar-refractivity contribution in [3.63, 3.8) is 0 Å². The smallest absolute Gasteiger partial charge is 0.0922 e. The third kappa shape index (κ3) is 6.20. The molecule has 0 bridgehead atoms. The standard InChI is InChI=1S/C14H21BrO2/c1-12(2)11-16-8-9-17-14(10-15)13-6-4-3-5-7-13/h3-7,12,14H,8-11H2,1-2H3. The maximum absolute atomic E-state index is 5.79. The van der Waals surface area contributed by atoms with Crippen LogP contribution in [0.1, 0.15) is 25.5 Å². The molecule has 0 aliphatic rings. The van der Waals surface area contributed by atoms with Crippen molar-refractivity contribution in [1.82, 2.24) is 0 Å². The van der Waals surface area contributed by atoms with Crippen LogP contribution in [0.15, 0.2) is 30.3 Å². The lowest BCUT2D eigenvalue weighted by Crippen LogP contribution is -2.12. The van der Waals surface area contributed by atoms with Crippen LogP contribution in [0, 0.1) is 5.92 Å². The fourth-order valence-corrected chi connectivity index (χ4v) is 2.03. The summed E-state index contributed by atoms with van der Waals surface area (Å²) >= 11 is 3.48. The molecule has 0 saturated heterocycles. The number of halogens is 1. The van der Waals surface area contributed by atoms with Crippen molar-refractivity contribution in [2.45, 2.75) is 20.0 Å². The van der Waals surface area contributed by atoms with Gasteiger partial charge in [-0.05, 0) is 11.5 Å². The molecular weight excluding hydrogens is 280 g/mol. The van der Waals surface area contributed by atoms with E-state index in [0.717, 1.165) is 11.9 Å². The fraction of sp³-hybridized carbons (Fsp3) is 0.571. The first-order chi connectivity index (χ1) is 8.24. The first kappa shape index (κ1) is 14.7. The maximum atomic E-state index is 5.79. The molecule has 0 fully saturated rings. The van der Waals surface area contributed by atoms with Crippen LogP contribution in [0.3, 0.4) is 0 Å². The summed E-state index contributed by atoms with van der Waals surface area (Å²) in [5.41, 5.74) is 1.20. The molecule has 0 spiro atoms. The zero-order valence-electron chi connectivity index (χ0n) is 10.6. The number of alkyl halides is 1. The lowest BCUT2D eigenvalue weighted by atomic mass is 10.1. The highest BCUT2D eigenvalue weighted by molar-refractivity contribution is 9.09. The SMILES string of the molecule is CC(C)COCCOC(CBr)c1ccccc1. The second-order valence-corrected chi connectivity index (χ2v) is 5.04. The van der Waals surface area contributed by atoms with E-state index in [4.69, 9.17) is 9.47 Å². The lowest BCUT2D eigenvalue weighted by Gasteiger charge is -2.16. The summed E-state index contributed by atoms with van der Waals surface area (Å²) in [4.78, 5) is 0. The molecule has 17 heavy (non-hydrogen) atoms. The van der Waals surface area contributed by atoms with Crippen molar-refractivity contribution in [2.75, 3.05) is 25.2 Å². The fourth-order valence-electron chi connectivity index (χ4n) is 1.47. The normalized spacial score (nSPS) is 12.9. The quantitative estimate of drug-likeness (QED) is 0.537. The molecule has 0 saturated carbocycles. The number of benzene rings is 1. The molecule has 0 amide bonds. The molecule has 0 aliphatic heterocycles. The molecule has 1 rings (SSSR count). The predicted octanol–water partition coefficient (Wildman–Crippen LogP) is 3.81. The van der Waals surface area contributed by atoms with Gasteiger partial charge in [-0.15, -0.1) is 0 Å². The summed E-state index contributed by atoms with van der Waals surface area (Å²) in [5, 5.41) is 0.807. The molecule has 0 heterocycles. The molecular formula is C14H21BrO2. The van der Waals surface area contributed by atoms with E-state index in [1.165, 1.54) is 5.56 Å². The number of rotatable bonds is 8. The zero-order chi connectivity index (χ0) is 12.5. The van der Waals surface area contributed by atoms with Crippen LogP contribution in [0.25, 0.3) is 0 Å². The average molecular weight is 301 g/mol. The highest BCUT2D eigenvalue weighted by Crippen LogP contribution is 2.19. The van der Waals surface area contributed by atoms with Crippen LogP contribution in [0.4, 0.5) is 0 Å². The van der Waals surface area contributed by atoms with E-state index in [0.29, 0.717) is 19.1 Å². The minimum absolute atomic E-state index is 0.110. The van der Waals surface area contributed by atoms with Crippen LogP contribution >= 0.6 is 15.9 Å². The van der Waals surface area contributed by atoms with Crippen LogP contribution in [0.2, 0.25) is 0 Å². The minimum atomic E-state index is 0.110. The van der Waals surface area contributed by atoms with Crippen LogP contribution < -0.4 is 0 Å². The summed E-state index contributed by atoms with van der Waals surface area (Å²) in [7, 11) is 0. The van der Waals surface area contributed by atoms with E-state index in [2.05, 4.69) is 41.9 Å². The molecule has 3 heteroatoms. The number of ether oxygens (including phenoxy) is 2. The van der Waals surface area contributed by atoms with Crippen molar-refractivity contribution in [1.29, 1.82) is 0 Å². The second kappa shape index (κ2) is 8.67. The maximum Gasteiger partial charge on any atom is 0.0922 e. The Balaban J connectivity index is 2.24. The van der Waals surface area contributed by atoms with Crippen LogP contribution in [0.5, 0.6) is 0 Å². The highest BCUT2D eigenvalue weighted by atomic mass is 79.9. The summed E-state index contributed by atoms with van der Waals surface area (Å²) in [6, 6.07) is 10.2. The summed E-state index contributed by atoms with van der Waals surface area (Å²) in [6.07, 6.45) is 0.110. The van der Waals surface area contributed by atoms with Gasteiger partial charge in [-0.2, -0.15) is 0 Å².